The summed E-state index contributed by atoms with van der Waals surface area (Å²) in [6.07, 6.45) is -2.86. The predicted octanol–water partition coefficient (Wildman–Crippen LogP) is 9.14. The number of para-hydroxylation sites is 1. The molecule has 1 fully saturated rings. The highest BCUT2D eigenvalue weighted by atomic mass is 16.7. The molecule has 0 spiro atoms. The Kier molecular flexibility index (Phi) is 14.3. The first kappa shape index (κ1) is 39.6. The van der Waals surface area contributed by atoms with Crippen LogP contribution in [0.1, 0.15) is 43.7 Å². The molecule has 6 aromatic carbocycles. The monoisotopic (exact) mass is 764 g/mol. The van der Waals surface area contributed by atoms with Gasteiger partial charge in [-0.3, -0.25) is 0 Å². The zero-order valence-electron chi connectivity index (χ0n) is 32.1. The average molecular weight is 765 g/mol. The van der Waals surface area contributed by atoms with Crippen LogP contribution in [0.25, 0.3) is 0 Å². The molecule has 0 aliphatic carbocycles. The van der Waals surface area contributed by atoms with Crippen molar-refractivity contribution in [2.75, 3.05) is 13.7 Å². The van der Waals surface area contributed by atoms with Gasteiger partial charge in [0.15, 0.2) is 0 Å². The van der Waals surface area contributed by atoms with Gasteiger partial charge in [0.05, 0.1) is 45.7 Å². The minimum Gasteiger partial charge on any atom is -0.465 e. The number of esters is 1. The van der Waals surface area contributed by atoms with E-state index in [1.807, 2.05) is 158 Å². The first-order valence-electron chi connectivity index (χ1n) is 19.3. The Morgan fingerprint density at radius 2 is 0.982 bits per heavy atom. The van der Waals surface area contributed by atoms with Crippen molar-refractivity contribution in [2.45, 2.75) is 63.6 Å². The van der Waals surface area contributed by atoms with Gasteiger partial charge in [0.2, 0.25) is 6.29 Å². The molecule has 0 bridgehead atoms. The van der Waals surface area contributed by atoms with Gasteiger partial charge in [0.25, 0.3) is 0 Å². The third-order valence-corrected chi connectivity index (χ3v) is 9.83. The highest BCUT2D eigenvalue weighted by Gasteiger charge is 2.50. The summed E-state index contributed by atoms with van der Waals surface area (Å²) in [5.74, 6) is 0.265. The van der Waals surface area contributed by atoms with E-state index in [1.165, 1.54) is 7.11 Å². The number of rotatable bonds is 18. The highest BCUT2D eigenvalue weighted by Crippen LogP contribution is 2.34. The van der Waals surface area contributed by atoms with Crippen LogP contribution in [0.5, 0.6) is 5.75 Å². The number of carbonyl (C=O) groups is 1. The van der Waals surface area contributed by atoms with Gasteiger partial charge in [-0.15, -0.1) is 0 Å². The van der Waals surface area contributed by atoms with E-state index < -0.39 is 30.7 Å². The summed E-state index contributed by atoms with van der Waals surface area (Å²) >= 11 is 0. The number of hydrogen-bond acceptors (Lipinski definition) is 8. The van der Waals surface area contributed by atoms with Crippen LogP contribution in [0.15, 0.2) is 170 Å². The summed E-state index contributed by atoms with van der Waals surface area (Å²) in [5.41, 5.74) is 6.54. The Morgan fingerprint density at radius 1 is 0.509 bits per heavy atom. The molecule has 0 radical (unpaired) electrons. The van der Waals surface area contributed by atoms with Crippen molar-refractivity contribution >= 4 is 5.97 Å². The molecule has 8 heteroatoms. The molecule has 1 saturated heterocycles. The molecule has 1 aliphatic rings. The zero-order valence-corrected chi connectivity index (χ0v) is 32.1. The van der Waals surface area contributed by atoms with E-state index in [4.69, 9.17) is 33.2 Å². The molecule has 0 aromatic heterocycles. The molecular weight excluding hydrogens is 717 g/mol. The molecule has 5 atom stereocenters. The van der Waals surface area contributed by atoms with Crippen LogP contribution in [0.3, 0.4) is 0 Å². The van der Waals surface area contributed by atoms with Gasteiger partial charge in [-0.1, -0.05) is 152 Å². The van der Waals surface area contributed by atoms with E-state index >= 15 is 0 Å². The zero-order chi connectivity index (χ0) is 39.1. The molecule has 0 saturated carbocycles. The van der Waals surface area contributed by atoms with Crippen LogP contribution in [-0.2, 0) is 61.3 Å². The predicted molar refractivity (Wildman–Crippen MR) is 217 cm³/mol. The summed E-state index contributed by atoms with van der Waals surface area (Å²) < 4.78 is 45.6. The molecule has 0 amide bonds. The first-order valence-corrected chi connectivity index (χ1v) is 19.3. The SMILES string of the molecule is COC(=O)c1ccc(Cc2ccccc2O[C@@H]2O[C@H](COCc3ccccc3)[C@@H](OCc3ccccc3)[C@H](OCc3ccccc3)[C@H]2OCc2ccccc2)cc1. The summed E-state index contributed by atoms with van der Waals surface area (Å²) in [4.78, 5) is 12.1. The van der Waals surface area contributed by atoms with Crippen molar-refractivity contribution in [2.24, 2.45) is 0 Å². The number of methoxy groups -OCH3 is 1. The van der Waals surface area contributed by atoms with Crippen LogP contribution < -0.4 is 4.74 Å². The standard InChI is InChI=1S/C49H48O8/c1-51-48(50)41-28-26-36(27-29-41)30-42-24-14-15-25-43(42)56-49-47(55-34-40-22-12-5-13-23-40)46(54-33-39-20-10-4-11-21-39)45(53-32-38-18-8-3-9-19-38)44(57-49)35-52-31-37-16-6-2-7-17-37/h2-29,44-47,49H,30-35H2,1H3/t44-,45-,46+,47-,49-/m1/s1. The number of ether oxygens (including phenoxy) is 7. The van der Waals surface area contributed by atoms with E-state index in [0.717, 1.165) is 33.4 Å². The Balaban J connectivity index is 1.22. The van der Waals surface area contributed by atoms with Crippen LogP contribution >= 0.6 is 0 Å². The second kappa shape index (κ2) is 20.5. The number of carbonyl (C=O) groups excluding carboxylic acids is 1. The van der Waals surface area contributed by atoms with Crippen molar-refractivity contribution in [3.8, 4) is 5.75 Å². The molecule has 292 valence electrons. The second-order valence-corrected chi connectivity index (χ2v) is 13.9. The minimum absolute atomic E-state index is 0.221. The quantitative estimate of drug-likeness (QED) is 0.0803. The molecule has 7 rings (SSSR count). The summed E-state index contributed by atoms with van der Waals surface area (Å²) in [6.45, 7) is 1.58. The average Bonchev–Trinajstić information content (AvgIpc) is 3.27. The van der Waals surface area contributed by atoms with E-state index in [-0.39, 0.29) is 12.6 Å². The van der Waals surface area contributed by atoms with Crippen LogP contribution in [-0.4, -0.2) is 50.4 Å². The Labute approximate surface area is 334 Å². The molecule has 0 unspecified atom stereocenters. The van der Waals surface area contributed by atoms with Crippen LogP contribution in [0.2, 0.25) is 0 Å². The topological polar surface area (TPSA) is 81.7 Å². The summed E-state index contributed by atoms with van der Waals surface area (Å²) in [5, 5.41) is 0. The third-order valence-electron chi connectivity index (χ3n) is 9.83. The summed E-state index contributed by atoms with van der Waals surface area (Å²) in [7, 11) is 1.38. The van der Waals surface area contributed by atoms with E-state index in [9.17, 15) is 4.79 Å². The molecule has 1 aliphatic heterocycles. The van der Waals surface area contributed by atoms with Gasteiger partial charge in [-0.2, -0.15) is 0 Å². The molecule has 8 nitrogen and oxygen atoms in total. The lowest BCUT2D eigenvalue weighted by atomic mass is 9.97. The molecule has 6 aromatic rings. The molecular formula is C49H48O8. The normalized spacial score (nSPS) is 19.1. The second-order valence-electron chi connectivity index (χ2n) is 13.9. The lowest BCUT2D eigenvalue weighted by molar-refractivity contribution is -0.310. The van der Waals surface area contributed by atoms with Gasteiger partial charge in [-0.05, 0) is 51.6 Å². The minimum atomic E-state index is -0.903. The van der Waals surface area contributed by atoms with Crippen molar-refractivity contribution < 1.29 is 38.0 Å². The highest BCUT2D eigenvalue weighted by molar-refractivity contribution is 5.89. The smallest absolute Gasteiger partial charge is 0.337 e. The van der Waals surface area contributed by atoms with Crippen LogP contribution in [0, 0.1) is 0 Å². The van der Waals surface area contributed by atoms with E-state index in [2.05, 4.69) is 0 Å². The first-order chi connectivity index (χ1) is 28.1. The molecule has 0 N–H and O–H groups in total. The lowest BCUT2D eigenvalue weighted by Gasteiger charge is -2.46. The van der Waals surface area contributed by atoms with Crippen molar-refractivity contribution in [1.29, 1.82) is 0 Å². The fourth-order valence-electron chi connectivity index (χ4n) is 6.83. The maximum atomic E-state index is 12.1. The number of benzene rings is 6. The largest absolute Gasteiger partial charge is 0.465 e. The van der Waals surface area contributed by atoms with Gasteiger partial charge in [0, 0.05) is 6.42 Å². The molecule has 1 heterocycles. The van der Waals surface area contributed by atoms with Crippen molar-refractivity contribution in [3.63, 3.8) is 0 Å². The maximum Gasteiger partial charge on any atom is 0.337 e. The van der Waals surface area contributed by atoms with Crippen LogP contribution in [0.4, 0.5) is 0 Å². The Morgan fingerprint density at radius 3 is 1.53 bits per heavy atom. The fraction of sp³-hybridized carbons (Fsp3) is 0.245. The Hall–Kier alpha value is -5.61. The van der Waals surface area contributed by atoms with Gasteiger partial charge < -0.3 is 33.2 Å². The lowest BCUT2D eigenvalue weighted by Crippen LogP contribution is -2.62. The number of hydrogen-bond donors (Lipinski definition) is 0. The third kappa shape index (κ3) is 11.3. The Bertz CT molecular complexity index is 2080. The van der Waals surface area contributed by atoms with E-state index in [0.29, 0.717) is 44.2 Å². The van der Waals surface area contributed by atoms with Gasteiger partial charge >= 0.3 is 5.97 Å². The van der Waals surface area contributed by atoms with Crippen molar-refractivity contribution in [1.82, 2.24) is 0 Å². The molecule has 57 heavy (non-hydrogen) atoms. The van der Waals surface area contributed by atoms with Gasteiger partial charge in [0.1, 0.15) is 30.2 Å². The van der Waals surface area contributed by atoms with Gasteiger partial charge in [-0.25, -0.2) is 4.79 Å². The van der Waals surface area contributed by atoms with Crippen molar-refractivity contribution in [3.05, 3.63) is 209 Å². The summed E-state index contributed by atoms with van der Waals surface area (Å²) in [6, 6.07) is 55.5. The fourth-order valence-corrected chi connectivity index (χ4v) is 6.83. The van der Waals surface area contributed by atoms with E-state index in [1.54, 1.807) is 12.1 Å². The maximum absolute atomic E-state index is 12.1.